The van der Waals surface area contributed by atoms with Gasteiger partial charge >= 0.3 is 0 Å². The minimum Gasteiger partial charge on any atom is -0.493 e. The quantitative estimate of drug-likeness (QED) is 0.182. The largest absolute Gasteiger partial charge is 0.493 e. The van der Waals surface area contributed by atoms with Crippen molar-refractivity contribution >= 4 is 11.8 Å². The van der Waals surface area contributed by atoms with E-state index in [0.717, 1.165) is 12.8 Å². The van der Waals surface area contributed by atoms with Crippen molar-refractivity contribution in [1.29, 1.82) is 0 Å². The molecule has 0 radical (unpaired) electrons. The van der Waals surface area contributed by atoms with Crippen molar-refractivity contribution in [3.05, 3.63) is 47.6 Å². The van der Waals surface area contributed by atoms with Crippen molar-refractivity contribution in [2.24, 2.45) is 0 Å². The molecule has 4 N–H and O–H groups in total. The highest BCUT2D eigenvalue weighted by molar-refractivity contribution is 5.96. The van der Waals surface area contributed by atoms with Crippen molar-refractivity contribution in [2.45, 2.75) is 69.8 Å². The lowest BCUT2D eigenvalue weighted by atomic mass is 9.77. The highest BCUT2D eigenvalue weighted by Gasteiger charge is 2.51. The van der Waals surface area contributed by atoms with E-state index in [-0.39, 0.29) is 25.7 Å². The molecule has 0 spiro atoms. The Morgan fingerprint density at radius 3 is 2.69 bits per heavy atom. The van der Waals surface area contributed by atoms with Crippen LogP contribution in [0.15, 0.2) is 36.4 Å². The van der Waals surface area contributed by atoms with Crippen LogP contribution in [0.3, 0.4) is 0 Å². The summed E-state index contributed by atoms with van der Waals surface area (Å²) >= 11 is 0. The third-order valence-electron chi connectivity index (χ3n) is 7.12. The number of methoxy groups -OCH3 is 1. The van der Waals surface area contributed by atoms with E-state index in [9.17, 15) is 24.9 Å². The molecule has 4 atom stereocenters. The number of nitrogens with one attached hydrogen (secondary N) is 1. The third kappa shape index (κ3) is 7.19. The molecule has 0 bridgehead atoms. The van der Waals surface area contributed by atoms with Crippen molar-refractivity contribution in [1.82, 2.24) is 10.2 Å². The molecular weight excluding hydrogens is 504 g/mol. The number of aliphatic hydroxyl groups is 3. The van der Waals surface area contributed by atoms with Gasteiger partial charge in [-0.1, -0.05) is 6.08 Å². The maximum Gasteiger partial charge on any atom is 0.247 e. The zero-order chi connectivity index (χ0) is 28.4. The number of rotatable bonds is 16. The summed E-state index contributed by atoms with van der Waals surface area (Å²) in [5, 5.41) is 33.4. The minimum atomic E-state index is -1.14. The highest BCUT2D eigenvalue weighted by Crippen LogP contribution is 2.51. The number of ether oxygens (including phenoxy) is 3. The fourth-order valence-corrected chi connectivity index (χ4v) is 5.25. The van der Waals surface area contributed by atoms with Crippen LogP contribution >= 0.6 is 0 Å². The van der Waals surface area contributed by atoms with Gasteiger partial charge in [-0.3, -0.25) is 9.59 Å². The Labute approximate surface area is 230 Å². The monoisotopic (exact) mass is 546 g/mol. The summed E-state index contributed by atoms with van der Waals surface area (Å²) in [6.45, 7) is 6.57. The summed E-state index contributed by atoms with van der Waals surface area (Å²) in [5.41, 5.74) is 1.52. The molecule has 39 heavy (non-hydrogen) atoms. The number of fused-ring (bicyclic) bond motifs is 3. The van der Waals surface area contributed by atoms with Crippen LogP contribution in [0.5, 0.6) is 11.5 Å². The summed E-state index contributed by atoms with van der Waals surface area (Å²) < 4.78 is 17.2. The molecule has 1 aliphatic carbocycles. The molecule has 10 nitrogen and oxygen atoms in total. The number of allylic oxidation sites excluding steroid dienone is 1. The summed E-state index contributed by atoms with van der Waals surface area (Å²) in [5.74, 6) is -0.424. The maximum atomic E-state index is 13.5. The summed E-state index contributed by atoms with van der Waals surface area (Å²) in [6.07, 6.45) is 4.66. The number of unbranched alkanes of at least 4 members (excludes halogenated alkanes) is 2. The first-order valence-electron chi connectivity index (χ1n) is 13.7. The standard InChI is InChI=1S/C29H42N2O8/c1-4-6-7-8-10-24(34)31(12-9-14-38-5-2)22-17-21(29(36)30-11-13-32)25-20-15-19(18-33)16-23(37-3)27(20)39-28(25)26(22)35/h4,15-17,22,25-26,28,32-33,35H,1,5-14,18H2,2-3H3,(H,30,36)/t22-,25+,26+,28+/m1/s1. The third-order valence-corrected chi connectivity index (χ3v) is 7.12. The van der Waals surface area contributed by atoms with Gasteiger partial charge in [0.25, 0.3) is 0 Å². The molecule has 10 heteroatoms. The Bertz CT molecular complexity index is 1030. The predicted molar refractivity (Wildman–Crippen MR) is 146 cm³/mol. The van der Waals surface area contributed by atoms with Crippen LogP contribution in [0.1, 0.15) is 56.1 Å². The SMILES string of the molecule is C=CCCCCC(=O)N(CCCOCC)[C@@H]1C=C(C(=O)NCCO)[C@@H]2c3cc(CO)cc(OC)c3O[C@@H]2[C@H]1O. The van der Waals surface area contributed by atoms with Crippen molar-refractivity contribution in [3.63, 3.8) is 0 Å². The lowest BCUT2D eigenvalue weighted by molar-refractivity contribution is -0.137. The number of nitrogens with zero attached hydrogens (tertiary/aromatic N) is 1. The number of hydrogen-bond acceptors (Lipinski definition) is 8. The molecule has 2 aliphatic rings. The smallest absolute Gasteiger partial charge is 0.247 e. The molecule has 216 valence electrons. The second kappa shape index (κ2) is 15.0. The first-order valence-corrected chi connectivity index (χ1v) is 13.7. The van der Waals surface area contributed by atoms with Gasteiger partial charge in [0.15, 0.2) is 11.5 Å². The Hall–Kier alpha value is -2.92. The van der Waals surface area contributed by atoms with Crippen LogP contribution in [0.2, 0.25) is 0 Å². The second-order valence-corrected chi connectivity index (χ2v) is 9.69. The van der Waals surface area contributed by atoms with Crippen LogP contribution < -0.4 is 14.8 Å². The average Bonchev–Trinajstić information content (AvgIpc) is 3.34. The van der Waals surface area contributed by atoms with E-state index in [4.69, 9.17) is 14.2 Å². The molecule has 0 fully saturated rings. The number of carbonyl (C=O) groups is 2. The van der Waals surface area contributed by atoms with Crippen LogP contribution in [0, 0.1) is 0 Å². The molecule has 0 saturated carbocycles. The van der Waals surface area contributed by atoms with Crippen molar-refractivity contribution in [3.8, 4) is 11.5 Å². The normalized spacial score (nSPS) is 21.3. The number of amides is 2. The molecule has 1 heterocycles. The van der Waals surface area contributed by atoms with E-state index >= 15 is 0 Å². The van der Waals surface area contributed by atoms with E-state index in [1.807, 2.05) is 13.0 Å². The Kier molecular flexibility index (Phi) is 11.8. The van der Waals surface area contributed by atoms with Crippen LogP contribution in [-0.4, -0.2) is 90.3 Å². The van der Waals surface area contributed by atoms with Gasteiger partial charge in [0.2, 0.25) is 11.8 Å². The van der Waals surface area contributed by atoms with E-state index in [2.05, 4.69) is 11.9 Å². The zero-order valence-electron chi connectivity index (χ0n) is 22.9. The topological polar surface area (TPSA) is 138 Å². The number of hydrogen-bond donors (Lipinski definition) is 4. The maximum absolute atomic E-state index is 13.5. The number of carbonyl (C=O) groups excluding carboxylic acids is 2. The predicted octanol–water partition coefficient (Wildman–Crippen LogP) is 1.81. The lowest BCUT2D eigenvalue weighted by Gasteiger charge is -2.41. The second-order valence-electron chi connectivity index (χ2n) is 9.69. The molecular formula is C29H42N2O8. The molecule has 2 amide bonds. The van der Waals surface area contributed by atoms with E-state index in [1.165, 1.54) is 7.11 Å². The molecule has 0 unspecified atom stereocenters. The lowest BCUT2D eigenvalue weighted by Crippen LogP contribution is -2.56. The molecule has 0 aromatic heterocycles. The van der Waals surface area contributed by atoms with E-state index in [1.54, 1.807) is 23.1 Å². The van der Waals surface area contributed by atoms with Crippen LogP contribution in [-0.2, 0) is 20.9 Å². The zero-order valence-corrected chi connectivity index (χ0v) is 22.9. The van der Waals surface area contributed by atoms with Gasteiger partial charge in [-0.2, -0.15) is 0 Å². The Morgan fingerprint density at radius 1 is 1.23 bits per heavy atom. The minimum absolute atomic E-state index is 0.0504. The Balaban J connectivity index is 2.01. The Morgan fingerprint density at radius 2 is 2.03 bits per heavy atom. The fraction of sp³-hybridized carbons (Fsp3) is 0.586. The van der Waals surface area contributed by atoms with Gasteiger partial charge < -0.3 is 39.7 Å². The molecule has 1 aliphatic heterocycles. The van der Waals surface area contributed by atoms with Gasteiger partial charge in [0.1, 0.15) is 12.2 Å². The average molecular weight is 547 g/mol. The molecule has 1 aromatic rings. The van der Waals surface area contributed by atoms with Gasteiger partial charge in [-0.05, 0) is 56.4 Å². The summed E-state index contributed by atoms with van der Waals surface area (Å²) in [6, 6.07) is 2.59. The number of benzene rings is 1. The molecule has 3 rings (SSSR count). The first-order chi connectivity index (χ1) is 18.9. The van der Waals surface area contributed by atoms with Crippen LogP contribution in [0.4, 0.5) is 0 Å². The molecule has 0 saturated heterocycles. The first kappa shape index (κ1) is 30.6. The highest BCUT2D eigenvalue weighted by atomic mass is 16.5. The summed E-state index contributed by atoms with van der Waals surface area (Å²) in [4.78, 5) is 28.4. The van der Waals surface area contributed by atoms with Gasteiger partial charge in [0, 0.05) is 43.9 Å². The van der Waals surface area contributed by atoms with Crippen LogP contribution in [0.25, 0.3) is 0 Å². The summed E-state index contributed by atoms with van der Waals surface area (Å²) in [7, 11) is 1.48. The van der Waals surface area contributed by atoms with Gasteiger partial charge in [0.05, 0.1) is 32.3 Å². The van der Waals surface area contributed by atoms with Gasteiger partial charge in [-0.25, -0.2) is 0 Å². The van der Waals surface area contributed by atoms with E-state index < -0.39 is 30.1 Å². The fourth-order valence-electron chi connectivity index (χ4n) is 5.25. The van der Waals surface area contributed by atoms with Gasteiger partial charge in [-0.15, -0.1) is 6.58 Å². The van der Waals surface area contributed by atoms with Crippen molar-refractivity contribution in [2.75, 3.05) is 40.0 Å². The number of aliphatic hydroxyl groups excluding tert-OH is 3. The molecule has 1 aromatic carbocycles. The van der Waals surface area contributed by atoms with Crippen molar-refractivity contribution < 1.29 is 39.1 Å². The van der Waals surface area contributed by atoms with E-state index in [0.29, 0.717) is 67.2 Å².